The molecule has 1 fully saturated rings. The molecule has 5 nitrogen and oxygen atoms in total. The van der Waals surface area contributed by atoms with Gasteiger partial charge in [0.1, 0.15) is 0 Å². The minimum Gasteiger partial charge on any atom is -0.331 e. The molecule has 1 unspecified atom stereocenters. The summed E-state index contributed by atoms with van der Waals surface area (Å²) in [6.07, 6.45) is 2.69. The van der Waals surface area contributed by atoms with Crippen LogP contribution in [-0.4, -0.2) is 23.0 Å². The Balaban J connectivity index is 2.16. The van der Waals surface area contributed by atoms with Crippen LogP contribution >= 0.6 is 0 Å². The molecule has 2 rings (SSSR count). The van der Waals surface area contributed by atoms with Crippen LogP contribution in [0.2, 0.25) is 0 Å². The average molecular weight is 167 g/mol. The molecular formula is C7H9N3O2. The SMILES string of the molecule is O=Cc1nc(C2CCCN2)no1. The van der Waals surface area contributed by atoms with Crippen LogP contribution < -0.4 is 5.32 Å². The monoisotopic (exact) mass is 167 g/mol. The van der Waals surface area contributed by atoms with Gasteiger partial charge in [0.15, 0.2) is 5.82 Å². The van der Waals surface area contributed by atoms with Gasteiger partial charge < -0.3 is 9.84 Å². The van der Waals surface area contributed by atoms with Gasteiger partial charge in [0.05, 0.1) is 6.04 Å². The number of nitrogens with one attached hydrogen (secondary N) is 1. The van der Waals surface area contributed by atoms with Crippen molar-refractivity contribution in [1.82, 2.24) is 15.5 Å². The Bertz CT molecular complexity index is 278. The summed E-state index contributed by atoms with van der Waals surface area (Å²) in [5.74, 6) is 0.647. The van der Waals surface area contributed by atoms with E-state index in [-0.39, 0.29) is 11.9 Å². The van der Waals surface area contributed by atoms with Crippen molar-refractivity contribution in [2.45, 2.75) is 18.9 Å². The fourth-order valence-corrected chi connectivity index (χ4v) is 1.34. The average Bonchev–Trinajstić information content (AvgIpc) is 2.75. The Morgan fingerprint density at radius 2 is 2.58 bits per heavy atom. The molecule has 0 aliphatic carbocycles. The van der Waals surface area contributed by atoms with E-state index in [0.29, 0.717) is 12.1 Å². The third-order valence-corrected chi connectivity index (χ3v) is 1.93. The van der Waals surface area contributed by atoms with Gasteiger partial charge in [-0.3, -0.25) is 4.79 Å². The lowest BCUT2D eigenvalue weighted by Crippen LogP contribution is -2.14. The van der Waals surface area contributed by atoms with Gasteiger partial charge in [-0.25, -0.2) is 0 Å². The van der Waals surface area contributed by atoms with Crippen LogP contribution in [0.15, 0.2) is 4.52 Å². The minimum atomic E-state index is 0.0544. The van der Waals surface area contributed by atoms with Crippen molar-refractivity contribution in [1.29, 1.82) is 0 Å². The summed E-state index contributed by atoms with van der Waals surface area (Å²) < 4.78 is 4.66. The first-order valence-corrected chi connectivity index (χ1v) is 3.92. The van der Waals surface area contributed by atoms with E-state index in [0.717, 1.165) is 19.4 Å². The number of carbonyl (C=O) groups is 1. The van der Waals surface area contributed by atoms with Crippen LogP contribution in [0, 0.1) is 0 Å². The first kappa shape index (κ1) is 7.42. The van der Waals surface area contributed by atoms with Crippen LogP contribution in [0.1, 0.15) is 35.4 Å². The van der Waals surface area contributed by atoms with E-state index in [1.165, 1.54) is 0 Å². The second-order valence-electron chi connectivity index (χ2n) is 2.76. The second kappa shape index (κ2) is 3.02. The van der Waals surface area contributed by atoms with Crippen LogP contribution in [0.3, 0.4) is 0 Å². The molecule has 5 heteroatoms. The highest BCUT2D eigenvalue weighted by molar-refractivity contribution is 5.66. The third-order valence-electron chi connectivity index (χ3n) is 1.93. The Morgan fingerprint density at radius 1 is 1.67 bits per heavy atom. The smallest absolute Gasteiger partial charge is 0.290 e. The predicted octanol–water partition coefficient (Wildman–Crippen LogP) is 0.307. The summed E-state index contributed by atoms with van der Waals surface area (Å²) in [6.45, 7) is 0.982. The molecule has 1 saturated heterocycles. The Hall–Kier alpha value is -1.23. The van der Waals surface area contributed by atoms with Gasteiger partial charge in [-0.1, -0.05) is 5.16 Å². The summed E-state index contributed by atoms with van der Waals surface area (Å²) in [4.78, 5) is 14.1. The van der Waals surface area contributed by atoms with E-state index in [9.17, 15) is 4.79 Å². The highest BCUT2D eigenvalue weighted by Crippen LogP contribution is 2.19. The zero-order valence-corrected chi connectivity index (χ0v) is 6.49. The molecule has 0 aromatic carbocycles. The Labute approximate surface area is 69.1 Å². The van der Waals surface area contributed by atoms with Crippen molar-refractivity contribution in [3.05, 3.63) is 11.7 Å². The standard InChI is InChI=1S/C7H9N3O2/c11-4-6-9-7(10-12-6)5-2-1-3-8-5/h4-5,8H,1-3H2. The quantitative estimate of drug-likeness (QED) is 0.642. The van der Waals surface area contributed by atoms with Crippen LogP contribution in [-0.2, 0) is 0 Å². The highest BCUT2D eigenvalue weighted by Gasteiger charge is 2.21. The first-order chi connectivity index (χ1) is 5.90. The van der Waals surface area contributed by atoms with Crippen LogP contribution in [0.25, 0.3) is 0 Å². The van der Waals surface area contributed by atoms with Crippen molar-refractivity contribution < 1.29 is 9.32 Å². The lowest BCUT2D eigenvalue weighted by atomic mass is 10.2. The third kappa shape index (κ3) is 1.23. The number of aromatic nitrogens is 2. The van der Waals surface area contributed by atoms with Gasteiger partial charge >= 0.3 is 0 Å². The molecule has 0 spiro atoms. The number of nitrogens with zero attached hydrogens (tertiary/aromatic N) is 2. The summed E-state index contributed by atoms with van der Waals surface area (Å²) in [5.41, 5.74) is 0. The molecule has 0 saturated carbocycles. The maximum atomic E-state index is 10.2. The molecule has 2 heterocycles. The molecule has 0 amide bonds. The highest BCUT2D eigenvalue weighted by atomic mass is 16.5. The van der Waals surface area contributed by atoms with Gasteiger partial charge in [0.25, 0.3) is 5.89 Å². The van der Waals surface area contributed by atoms with Gasteiger partial charge in [-0.15, -0.1) is 0 Å². The van der Waals surface area contributed by atoms with Crippen molar-refractivity contribution in [2.75, 3.05) is 6.54 Å². The van der Waals surface area contributed by atoms with Crippen molar-refractivity contribution in [2.24, 2.45) is 0 Å². The molecule has 1 N–H and O–H groups in total. The predicted molar refractivity (Wildman–Crippen MR) is 39.7 cm³/mol. The number of carbonyl (C=O) groups excluding carboxylic acids is 1. The minimum absolute atomic E-state index is 0.0544. The number of aldehydes is 1. The Morgan fingerprint density at radius 3 is 3.17 bits per heavy atom. The van der Waals surface area contributed by atoms with E-state index >= 15 is 0 Å². The molecular weight excluding hydrogens is 158 g/mol. The van der Waals surface area contributed by atoms with Crippen LogP contribution in [0.5, 0.6) is 0 Å². The summed E-state index contributed by atoms with van der Waals surface area (Å²) in [6, 6.07) is 0.169. The molecule has 0 bridgehead atoms. The summed E-state index contributed by atoms with van der Waals surface area (Å²) >= 11 is 0. The number of hydrogen-bond donors (Lipinski definition) is 1. The van der Waals surface area contributed by atoms with Crippen molar-refractivity contribution in [3.63, 3.8) is 0 Å². The van der Waals surface area contributed by atoms with Crippen molar-refractivity contribution >= 4 is 6.29 Å². The normalized spacial score (nSPS) is 22.8. The fourth-order valence-electron chi connectivity index (χ4n) is 1.34. The van der Waals surface area contributed by atoms with E-state index in [2.05, 4.69) is 20.0 Å². The molecule has 1 aliphatic rings. The van der Waals surface area contributed by atoms with E-state index in [4.69, 9.17) is 0 Å². The zero-order chi connectivity index (χ0) is 8.39. The molecule has 1 aromatic heterocycles. The molecule has 0 radical (unpaired) electrons. The van der Waals surface area contributed by atoms with E-state index in [1.54, 1.807) is 0 Å². The van der Waals surface area contributed by atoms with Crippen LogP contribution in [0.4, 0.5) is 0 Å². The maximum absolute atomic E-state index is 10.2. The molecule has 12 heavy (non-hydrogen) atoms. The van der Waals surface area contributed by atoms with E-state index < -0.39 is 0 Å². The lowest BCUT2D eigenvalue weighted by Gasteiger charge is -2.01. The Kier molecular flexibility index (Phi) is 1.87. The first-order valence-electron chi connectivity index (χ1n) is 3.92. The number of rotatable bonds is 2. The summed E-state index contributed by atoms with van der Waals surface area (Å²) in [7, 11) is 0. The lowest BCUT2D eigenvalue weighted by molar-refractivity contribution is 0.108. The summed E-state index contributed by atoms with van der Waals surface area (Å²) in [5, 5.41) is 6.90. The molecule has 1 aliphatic heterocycles. The molecule has 1 atom stereocenters. The maximum Gasteiger partial charge on any atom is 0.290 e. The van der Waals surface area contributed by atoms with Gasteiger partial charge in [-0.05, 0) is 19.4 Å². The number of hydrogen-bond acceptors (Lipinski definition) is 5. The topological polar surface area (TPSA) is 68.0 Å². The molecule has 64 valence electrons. The second-order valence-corrected chi connectivity index (χ2v) is 2.76. The van der Waals surface area contributed by atoms with E-state index in [1.807, 2.05) is 0 Å². The zero-order valence-electron chi connectivity index (χ0n) is 6.49. The van der Waals surface area contributed by atoms with Gasteiger partial charge in [0.2, 0.25) is 6.29 Å². The van der Waals surface area contributed by atoms with Crippen molar-refractivity contribution in [3.8, 4) is 0 Å². The van der Waals surface area contributed by atoms with Gasteiger partial charge in [-0.2, -0.15) is 4.98 Å². The van der Waals surface area contributed by atoms with Gasteiger partial charge in [0, 0.05) is 0 Å². The molecule has 1 aromatic rings. The largest absolute Gasteiger partial charge is 0.331 e. The fraction of sp³-hybridized carbons (Fsp3) is 0.571.